The third-order valence-electron chi connectivity index (χ3n) is 6.97. The van der Waals surface area contributed by atoms with Crippen molar-refractivity contribution in [2.24, 2.45) is 0 Å². The maximum atomic E-state index is 12.2. The lowest BCUT2D eigenvalue weighted by molar-refractivity contribution is 0.0697. The maximum absolute atomic E-state index is 12.2. The van der Waals surface area contributed by atoms with Crippen LogP contribution in [0.4, 0.5) is 5.69 Å². The zero-order chi connectivity index (χ0) is 30.0. The Labute approximate surface area is 255 Å². The minimum absolute atomic E-state index is 0.217. The molecule has 9 heteroatoms. The summed E-state index contributed by atoms with van der Waals surface area (Å²) in [5.41, 5.74) is 7.38. The van der Waals surface area contributed by atoms with Gasteiger partial charge >= 0.3 is 5.97 Å². The van der Waals surface area contributed by atoms with Crippen molar-refractivity contribution < 1.29 is 18.3 Å². The molecule has 0 amide bonds. The van der Waals surface area contributed by atoms with Crippen molar-refractivity contribution >= 4 is 44.9 Å². The molecule has 2 N–H and O–H groups in total. The standard InChI is InChI=1S/C33H28Cl2N2O4S/c1-21(2)42(40,41)36-28-12-7-24(8-13-28)23-5-3-22(4-6-23)17-30-18-26(31-16-11-27(34)19-32(31)35)20-37(30)29-14-9-25(10-15-29)33(38)39/h3-16,18-21,36H,17H2,1-2H3,(H,38,39). The van der Waals surface area contributed by atoms with Crippen LogP contribution in [0.25, 0.3) is 27.9 Å². The van der Waals surface area contributed by atoms with Crippen LogP contribution in [0.5, 0.6) is 0 Å². The van der Waals surface area contributed by atoms with Crippen LogP contribution >= 0.6 is 23.2 Å². The number of anilines is 1. The molecule has 1 aromatic heterocycles. The number of halogens is 2. The molecule has 0 atom stereocenters. The van der Waals surface area contributed by atoms with Crippen LogP contribution in [0.2, 0.25) is 10.0 Å². The second-order valence-electron chi connectivity index (χ2n) is 10.2. The third kappa shape index (κ3) is 6.54. The number of benzene rings is 4. The lowest BCUT2D eigenvalue weighted by atomic mass is 10.0. The molecule has 4 aromatic carbocycles. The fourth-order valence-corrected chi connectivity index (χ4v) is 5.78. The highest BCUT2D eigenvalue weighted by Gasteiger charge is 2.16. The van der Waals surface area contributed by atoms with Crippen LogP contribution in [-0.2, 0) is 16.4 Å². The Hall–Kier alpha value is -4.04. The lowest BCUT2D eigenvalue weighted by Gasteiger charge is -2.12. The van der Waals surface area contributed by atoms with Crippen molar-refractivity contribution in [3.8, 4) is 27.9 Å². The number of rotatable bonds is 9. The predicted octanol–water partition coefficient (Wildman–Crippen LogP) is 8.56. The molecule has 0 aliphatic rings. The van der Waals surface area contributed by atoms with Crippen LogP contribution in [0, 0.1) is 0 Å². The molecular weight excluding hydrogens is 591 g/mol. The number of nitrogens with zero attached hydrogens (tertiary/aromatic N) is 1. The van der Waals surface area contributed by atoms with Gasteiger partial charge in [0.1, 0.15) is 0 Å². The van der Waals surface area contributed by atoms with Gasteiger partial charge in [-0.3, -0.25) is 4.72 Å². The van der Waals surface area contributed by atoms with E-state index in [-0.39, 0.29) is 5.56 Å². The molecule has 0 fully saturated rings. The summed E-state index contributed by atoms with van der Waals surface area (Å²) in [7, 11) is -3.41. The first-order valence-corrected chi connectivity index (χ1v) is 15.5. The summed E-state index contributed by atoms with van der Waals surface area (Å²) < 4.78 is 29.0. The van der Waals surface area contributed by atoms with Crippen LogP contribution in [0.15, 0.2) is 103 Å². The Balaban J connectivity index is 1.43. The number of carbonyl (C=O) groups is 1. The molecule has 214 valence electrons. The van der Waals surface area contributed by atoms with Crippen molar-refractivity contribution in [3.63, 3.8) is 0 Å². The molecule has 6 nitrogen and oxygen atoms in total. The summed E-state index contributed by atoms with van der Waals surface area (Å²) in [6.45, 7) is 3.27. The van der Waals surface area contributed by atoms with E-state index >= 15 is 0 Å². The normalized spacial score (nSPS) is 11.5. The van der Waals surface area contributed by atoms with Crippen molar-refractivity contribution in [1.82, 2.24) is 4.57 Å². The lowest BCUT2D eigenvalue weighted by Crippen LogP contribution is -2.22. The number of sulfonamides is 1. The first-order chi connectivity index (χ1) is 20.0. The molecule has 0 saturated carbocycles. The Morgan fingerprint density at radius 3 is 2.02 bits per heavy atom. The Morgan fingerprint density at radius 1 is 0.833 bits per heavy atom. The van der Waals surface area contributed by atoms with Crippen LogP contribution < -0.4 is 4.72 Å². The second-order valence-corrected chi connectivity index (χ2v) is 13.3. The fourth-order valence-electron chi connectivity index (χ4n) is 4.56. The van der Waals surface area contributed by atoms with Gasteiger partial charge in [-0.1, -0.05) is 65.7 Å². The van der Waals surface area contributed by atoms with Gasteiger partial charge in [0.25, 0.3) is 0 Å². The summed E-state index contributed by atoms with van der Waals surface area (Å²) in [6, 6.07) is 29.7. The molecular formula is C33H28Cl2N2O4S. The van der Waals surface area contributed by atoms with Crippen molar-refractivity contribution in [2.45, 2.75) is 25.5 Å². The smallest absolute Gasteiger partial charge is 0.335 e. The molecule has 0 unspecified atom stereocenters. The quantitative estimate of drug-likeness (QED) is 0.173. The highest BCUT2D eigenvalue weighted by atomic mass is 35.5. The molecule has 0 radical (unpaired) electrons. The molecule has 0 saturated heterocycles. The van der Waals surface area contributed by atoms with E-state index in [4.69, 9.17) is 23.2 Å². The minimum atomic E-state index is -3.41. The molecule has 5 rings (SSSR count). The second kappa shape index (κ2) is 12.1. The highest BCUT2D eigenvalue weighted by Crippen LogP contribution is 2.33. The summed E-state index contributed by atoms with van der Waals surface area (Å²) >= 11 is 12.6. The molecule has 42 heavy (non-hydrogen) atoms. The van der Waals surface area contributed by atoms with E-state index in [9.17, 15) is 18.3 Å². The van der Waals surface area contributed by atoms with Gasteiger partial charge in [-0.15, -0.1) is 0 Å². The van der Waals surface area contributed by atoms with Gasteiger partial charge < -0.3 is 9.67 Å². The molecule has 0 bridgehead atoms. The molecule has 0 spiro atoms. The van der Waals surface area contributed by atoms with E-state index in [0.717, 1.165) is 39.2 Å². The number of hydrogen-bond donors (Lipinski definition) is 2. The largest absolute Gasteiger partial charge is 0.478 e. The van der Waals surface area contributed by atoms with Gasteiger partial charge in [0.15, 0.2) is 0 Å². The first-order valence-electron chi connectivity index (χ1n) is 13.2. The number of aromatic nitrogens is 1. The average molecular weight is 620 g/mol. The van der Waals surface area contributed by atoms with Crippen molar-refractivity contribution in [3.05, 3.63) is 130 Å². The first kappa shape index (κ1) is 29.5. The SMILES string of the molecule is CC(C)S(=O)(=O)Nc1ccc(-c2ccc(Cc3cc(-c4ccc(Cl)cc4Cl)cn3-c3ccc(C(=O)O)cc3)cc2)cc1. The number of aromatic carboxylic acids is 1. The number of carboxylic acid groups (broad SMARTS) is 1. The van der Waals surface area contributed by atoms with E-state index in [2.05, 4.69) is 22.9 Å². The van der Waals surface area contributed by atoms with E-state index in [1.807, 2.05) is 41.1 Å². The Bertz CT molecular complexity index is 1850. The third-order valence-corrected chi connectivity index (χ3v) is 9.28. The monoisotopic (exact) mass is 618 g/mol. The number of hydrogen-bond acceptors (Lipinski definition) is 3. The number of nitrogens with one attached hydrogen (secondary N) is 1. The van der Waals surface area contributed by atoms with Crippen LogP contribution in [0.1, 0.15) is 35.5 Å². The van der Waals surface area contributed by atoms with Crippen LogP contribution in [-0.4, -0.2) is 29.3 Å². The van der Waals surface area contributed by atoms with Gasteiger partial charge in [-0.25, -0.2) is 13.2 Å². The zero-order valence-corrected chi connectivity index (χ0v) is 25.2. The summed E-state index contributed by atoms with van der Waals surface area (Å²) in [5, 5.41) is 9.90. The van der Waals surface area contributed by atoms with Gasteiger partial charge in [-0.05, 0) is 85.1 Å². The summed E-state index contributed by atoms with van der Waals surface area (Å²) in [5.74, 6) is -0.977. The van der Waals surface area contributed by atoms with Gasteiger partial charge in [-0.2, -0.15) is 0 Å². The van der Waals surface area contributed by atoms with E-state index in [1.54, 1.807) is 62.4 Å². The van der Waals surface area contributed by atoms with Gasteiger partial charge in [0.2, 0.25) is 10.0 Å². The Morgan fingerprint density at radius 2 is 1.45 bits per heavy atom. The number of carboxylic acids is 1. The van der Waals surface area contributed by atoms with Gasteiger partial charge in [0.05, 0.1) is 10.8 Å². The molecule has 1 heterocycles. The average Bonchev–Trinajstić information content (AvgIpc) is 3.37. The van der Waals surface area contributed by atoms with Crippen molar-refractivity contribution in [1.29, 1.82) is 0 Å². The molecule has 0 aliphatic carbocycles. The molecule has 5 aromatic rings. The fraction of sp³-hybridized carbons (Fsp3) is 0.121. The minimum Gasteiger partial charge on any atom is -0.478 e. The van der Waals surface area contributed by atoms with E-state index in [0.29, 0.717) is 22.2 Å². The summed E-state index contributed by atoms with van der Waals surface area (Å²) in [4.78, 5) is 11.4. The van der Waals surface area contributed by atoms with E-state index in [1.165, 1.54) is 0 Å². The summed E-state index contributed by atoms with van der Waals surface area (Å²) in [6.07, 6.45) is 2.60. The zero-order valence-electron chi connectivity index (χ0n) is 22.9. The van der Waals surface area contributed by atoms with Crippen molar-refractivity contribution in [2.75, 3.05) is 4.72 Å². The topological polar surface area (TPSA) is 88.4 Å². The Kier molecular flexibility index (Phi) is 8.45. The molecule has 0 aliphatic heterocycles. The maximum Gasteiger partial charge on any atom is 0.335 e. The predicted molar refractivity (Wildman–Crippen MR) is 171 cm³/mol. The highest BCUT2D eigenvalue weighted by molar-refractivity contribution is 7.93. The van der Waals surface area contributed by atoms with Crippen LogP contribution in [0.3, 0.4) is 0 Å². The van der Waals surface area contributed by atoms with Gasteiger partial charge in [0, 0.05) is 50.9 Å². The van der Waals surface area contributed by atoms with E-state index < -0.39 is 21.2 Å².